The summed E-state index contributed by atoms with van der Waals surface area (Å²) in [6.07, 6.45) is 1.51. The van der Waals surface area contributed by atoms with Gasteiger partial charge < -0.3 is 10.1 Å². The van der Waals surface area contributed by atoms with E-state index in [9.17, 15) is 26.7 Å². The zero-order valence-corrected chi connectivity index (χ0v) is 17.5. The quantitative estimate of drug-likeness (QED) is 0.564. The molecule has 0 atom stereocenters. The number of hydrogen-bond acceptors (Lipinski definition) is 4. The third-order valence-corrected chi connectivity index (χ3v) is 7.48. The maximum Gasteiger partial charge on any atom is 0.244 e. The largest absolute Gasteiger partial charge is 0.393 e. The van der Waals surface area contributed by atoms with Gasteiger partial charge in [0.05, 0.1) is 16.8 Å². The van der Waals surface area contributed by atoms with Crippen molar-refractivity contribution in [1.29, 1.82) is 0 Å². The lowest BCUT2D eigenvalue weighted by atomic mass is 10.1. The molecule has 2 aromatic carbocycles. The van der Waals surface area contributed by atoms with Gasteiger partial charge in [0.25, 0.3) is 0 Å². The number of aliphatic hydroxyl groups is 1. The molecule has 1 aromatic heterocycles. The Morgan fingerprint density at radius 3 is 2.35 bits per heavy atom. The molecule has 1 aliphatic heterocycles. The Morgan fingerprint density at radius 2 is 1.71 bits per heavy atom. The van der Waals surface area contributed by atoms with Gasteiger partial charge in [-0.05, 0) is 43.2 Å². The standard InChI is InChI=1S/C20H17ClF3N3O3S/c21-14-2-1-11(9-18(14)31(29,30)27-5-3-13(28)4-6-27)20-25-10-17(26-20)12-7-15(22)19(24)16(23)8-12/h1-2,7-10,13,28H,3-6H2,(H,25,26). The van der Waals surface area contributed by atoms with Gasteiger partial charge in [0.2, 0.25) is 10.0 Å². The van der Waals surface area contributed by atoms with Crippen LogP contribution in [0.2, 0.25) is 5.02 Å². The Labute approximate surface area is 181 Å². The number of H-pyrrole nitrogens is 1. The summed E-state index contributed by atoms with van der Waals surface area (Å²) in [4.78, 5) is 6.95. The van der Waals surface area contributed by atoms with Crippen LogP contribution in [-0.4, -0.2) is 47.0 Å². The molecule has 0 unspecified atom stereocenters. The van der Waals surface area contributed by atoms with E-state index >= 15 is 0 Å². The van der Waals surface area contributed by atoms with Gasteiger partial charge in [0.15, 0.2) is 17.5 Å². The molecule has 164 valence electrons. The van der Waals surface area contributed by atoms with Crippen molar-refractivity contribution in [2.24, 2.45) is 0 Å². The smallest absolute Gasteiger partial charge is 0.244 e. The molecule has 0 saturated carbocycles. The van der Waals surface area contributed by atoms with E-state index in [0.717, 1.165) is 12.1 Å². The minimum atomic E-state index is -3.90. The van der Waals surface area contributed by atoms with Crippen molar-refractivity contribution >= 4 is 21.6 Å². The lowest BCUT2D eigenvalue weighted by Crippen LogP contribution is -2.40. The van der Waals surface area contributed by atoms with Crippen LogP contribution < -0.4 is 0 Å². The molecule has 6 nitrogen and oxygen atoms in total. The summed E-state index contributed by atoms with van der Waals surface area (Å²) in [6.45, 7) is 0.354. The first kappa shape index (κ1) is 21.8. The highest BCUT2D eigenvalue weighted by Gasteiger charge is 2.30. The Hall–Kier alpha value is -2.40. The first-order valence-corrected chi connectivity index (χ1v) is 11.2. The predicted octanol–water partition coefficient (Wildman–Crippen LogP) is 3.96. The van der Waals surface area contributed by atoms with E-state index < -0.39 is 33.6 Å². The van der Waals surface area contributed by atoms with Crippen LogP contribution in [0, 0.1) is 17.5 Å². The number of aromatic nitrogens is 2. The van der Waals surface area contributed by atoms with Crippen LogP contribution in [0.4, 0.5) is 13.2 Å². The van der Waals surface area contributed by atoms with Gasteiger partial charge in [0, 0.05) is 30.4 Å². The third kappa shape index (κ3) is 4.20. The fraction of sp³-hybridized carbons (Fsp3) is 0.250. The zero-order chi connectivity index (χ0) is 22.3. The number of nitrogens with one attached hydrogen (secondary N) is 1. The molecule has 3 aromatic rings. The summed E-state index contributed by atoms with van der Waals surface area (Å²) in [5.41, 5.74) is 0.555. The molecule has 11 heteroatoms. The number of nitrogens with zero attached hydrogens (tertiary/aromatic N) is 2. The van der Waals surface area contributed by atoms with Crippen molar-refractivity contribution in [3.63, 3.8) is 0 Å². The highest BCUT2D eigenvalue weighted by Crippen LogP contribution is 2.32. The van der Waals surface area contributed by atoms with Gasteiger partial charge in [0.1, 0.15) is 10.7 Å². The van der Waals surface area contributed by atoms with E-state index in [2.05, 4.69) is 9.97 Å². The number of aliphatic hydroxyl groups excluding tert-OH is 1. The number of rotatable bonds is 4. The fourth-order valence-corrected chi connectivity index (χ4v) is 5.36. The molecule has 1 fully saturated rings. The summed E-state index contributed by atoms with van der Waals surface area (Å²) in [7, 11) is -3.90. The number of sulfonamides is 1. The Kier molecular flexibility index (Phi) is 5.82. The van der Waals surface area contributed by atoms with Crippen LogP contribution in [0.1, 0.15) is 12.8 Å². The summed E-state index contributed by atoms with van der Waals surface area (Å²) in [5, 5.41) is 9.66. The second kappa shape index (κ2) is 8.27. The monoisotopic (exact) mass is 471 g/mol. The average Bonchev–Trinajstić information content (AvgIpc) is 3.22. The van der Waals surface area contributed by atoms with Gasteiger partial charge in [-0.2, -0.15) is 4.31 Å². The maximum atomic E-state index is 13.5. The van der Waals surface area contributed by atoms with Crippen molar-refractivity contribution in [2.75, 3.05) is 13.1 Å². The summed E-state index contributed by atoms with van der Waals surface area (Å²) >= 11 is 6.16. The normalized spacial score (nSPS) is 16.0. The SMILES string of the molecule is O=S(=O)(c1cc(-c2nc(-c3cc(F)c(F)c(F)c3)c[nH]2)ccc1Cl)N1CCC(O)CC1. The predicted molar refractivity (Wildman–Crippen MR) is 108 cm³/mol. The molecular weight excluding hydrogens is 455 g/mol. The van der Waals surface area contributed by atoms with E-state index in [4.69, 9.17) is 11.6 Å². The number of aromatic amines is 1. The molecule has 0 amide bonds. The fourth-order valence-electron chi connectivity index (χ4n) is 3.39. The van der Waals surface area contributed by atoms with E-state index in [0.29, 0.717) is 18.4 Å². The molecule has 0 aliphatic carbocycles. The van der Waals surface area contributed by atoms with Gasteiger partial charge in [-0.1, -0.05) is 11.6 Å². The molecule has 1 aliphatic rings. The van der Waals surface area contributed by atoms with Crippen molar-refractivity contribution < 1.29 is 26.7 Å². The Balaban J connectivity index is 1.68. The van der Waals surface area contributed by atoms with E-state index in [1.54, 1.807) is 6.07 Å². The number of hydrogen-bond donors (Lipinski definition) is 2. The molecule has 2 heterocycles. The second-order valence-electron chi connectivity index (χ2n) is 7.17. The van der Waals surface area contributed by atoms with Crippen molar-refractivity contribution in [2.45, 2.75) is 23.8 Å². The first-order valence-electron chi connectivity index (χ1n) is 9.35. The number of halogens is 4. The Morgan fingerprint density at radius 1 is 1.06 bits per heavy atom. The zero-order valence-electron chi connectivity index (χ0n) is 15.9. The minimum absolute atomic E-state index is 0.0209. The summed E-state index contributed by atoms with van der Waals surface area (Å²) in [5.74, 6) is -4.02. The van der Waals surface area contributed by atoms with Crippen LogP contribution >= 0.6 is 11.6 Å². The van der Waals surface area contributed by atoms with Gasteiger partial charge >= 0.3 is 0 Å². The number of imidazole rings is 1. The van der Waals surface area contributed by atoms with Gasteiger partial charge in [-0.25, -0.2) is 26.6 Å². The molecule has 0 spiro atoms. The van der Waals surface area contributed by atoms with E-state index in [1.807, 2.05) is 0 Å². The average molecular weight is 472 g/mol. The van der Waals surface area contributed by atoms with Crippen molar-refractivity contribution in [1.82, 2.24) is 14.3 Å². The molecule has 0 radical (unpaired) electrons. The molecular formula is C20H17ClF3N3O3S. The Bertz CT molecular complexity index is 1220. The van der Waals surface area contributed by atoms with Crippen molar-refractivity contribution in [3.05, 3.63) is 59.0 Å². The summed E-state index contributed by atoms with van der Waals surface area (Å²) in [6, 6.07) is 5.97. The topological polar surface area (TPSA) is 86.3 Å². The lowest BCUT2D eigenvalue weighted by Gasteiger charge is -2.29. The van der Waals surface area contributed by atoms with Gasteiger partial charge in [-0.3, -0.25) is 0 Å². The summed E-state index contributed by atoms with van der Waals surface area (Å²) < 4.78 is 67.6. The van der Waals surface area contributed by atoms with Crippen LogP contribution in [0.3, 0.4) is 0 Å². The van der Waals surface area contributed by atoms with Crippen LogP contribution in [0.5, 0.6) is 0 Å². The number of piperidine rings is 1. The second-order valence-corrected chi connectivity index (χ2v) is 9.48. The molecule has 4 rings (SSSR count). The third-order valence-electron chi connectivity index (χ3n) is 5.10. The molecule has 31 heavy (non-hydrogen) atoms. The van der Waals surface area contributed by atoms with Gasteiger partial charge in [-0.15, -0.1) is 0 Å². The highest BCUT2D eigenvalue weighted by molar-refractivity contribution is 7.89. The number of benzene rings is 2. The minimum Gasteiger partial charge on any atom is -0.393 e. The lowest BCUT2D eigenvalue weighted by molar-refractivity contribution is 0.113. The van der Waals surface area contributed by atoms with Crippen LogP contribution in [0.15, 0.2) is 41.4 Å². The van der Waals surface area contributed by atoms with E-state index in [1.165, 1.54) is 22.6 Å². The van der Waals surface area contributed by atoms with E-state index in [-0.39, 0.29) is 40.1 Å². The highest BCUT2D eigenvalue weighted by atomic mass is 35.5. The van der Waals surface area contributed by atoms with Crippen LogP contribution in [0.25, 0.3) is 22.6 Å². The van der Waals surface area contributed by atoms with Crippen molar-refractivity contribution in [3.8, 4) is 22.6 Å². The molecule has 2 N–H and O–H groups in total. The molecule has 1 saturated heterocycles. The van der Waals surface area contributed by atoms with Crippen LogP contribution in [-0.2, 0) is 10.0 Å². The first-order chi connectivity index (χ1) is 14.7. The molecule has 0 bridgehead atoms. The maximum absolute atomic E-state index is 13.5.